The first-order valence-corrected chi connectivity index (χ1v) is 13.4. The van der Waals surface area contributed by atoms with Crippen LogP contribution in [0.5, 0.6) is 0 Å². The zero-order valence-corrected chi connectivity index (χ0v) is 21.7. The van der Waals surface area contributed by atoms with Gasteiger partial charge in [-0.2, -0.15) is 0 Å². The number of imidazole rings is 1. The van der Waals surface area contributed by atoms with E-state index in [0.29, 0.717) is 0 Å². The molecule has 2 aromatic heterocycles. The molecule has 0 atom stereocenters. The van der Waals surface area contributed by atoms with E-state index in [1.165, 1.54) is 59.6 Å². The van der Waals surface area contributed by atoms with Crippen LogP contribution in [0, 0.1) is 5.92 Å². The number of nitrogens with zero attached hydrogens (tertiary/aromatic N) is 4. The van der Waals surface area contributed by atoms with E-state index in [4.69, 9.17) is 4.98 Å². The predicted molar refractivity (Wildman–Crippen MR) is 139 cm³/mol. The zero-order valence-electron chi connectivity index (χ0n) is 20.9. The molecule has 2 aliphatic rings. The molecule has 1 aromatic carbocycles. The molecule has 0 amide bonds. The zero-order chi connectivity index (χ0) is 23.2. The fraction of sp³-hybridized carbons (Fsp3) is 0.571. The number of hydrogen-bond donors (Lipinski definition) is 0. The van der Waals surface area contributed by atoms with Crippen molar-refractivity contribution in [3.05, 3.63) is 52.9 Å². The summed E-state index contributed by atoms with van der Waals surface area (Å²) in [5, 5.41) is 3.44. The summed E-state index contributed by atoms with van der Waals surface area (Å²) in [5.41, 5.74) is 7.28. The second kappa shape index (κ2) is 8.57. The fourth-order valence-corrected chi connectivity index (χ4v) is 6.57. The van der Waals surface area contributed by atoms with E-state index in [1.54, 1.807) is 11.3 Å². The van der Waals surface area contributed by atoms with E-state index in [2.05, 4.69) is 72.8 Å². The molecule has 3 heterocycles. The highest BCUT2D eigenvalue weighted by Crippen LogP contribution is 2.47. The third-order valence-corrected chi connectivity index (χ3v) is 9.15. The second-order valence-corrected chi connectivity index (χ2v) is 12.3. The van der Waals surface area contributed by atoms with Gasteiger partial charge >= 0.3 is 0 Å². The Morgan fingerprint density at radius 2 is 1.76 bits per heavy atom. The van der Waals surface area contributed by atoms with E-state index < -0.39 is 0 Å². The maximum absolute atomic E-state index is 5.09. The van der Waals surface area contributed by atoms with Gasteiger partial charge in [-0.3, -0.25) is 0 Å². The van der Waals surface area contributed by atoms with Crippen molar-refractivity contribution >= 4 is 16.5 Å². The van der Waals surface area contributed by atoms with Gasteiger partial charge in [-0.1, -0.05) is 39.8 Å². The Bertz CT molecular complexity index is 1110. The highest BCUT2D eigenvalue weighted by Gasteiger charge is 2.37. The summed E-state index contributed by atoms with van der Waals surface area (Å²) < 4.78 is 2.15. The van der Waals surface area contributed by atoms with Crippen molar-refractivity contribution in [1.29, 1.82) is 0 Å². The summed E-state index contributed by atoms with van der Waals surface area (Å²) >= 11 is 1.81. The van der Waals surface area contributed by atoms with Crippen molar-refractivity contribution in [2.45, 2.75) is 77.0 Å². The molecule has 1 saturated heterocycles. The molecule has 1 aliphatic heterocycles. The van der Waals surface area contributed by atoms with Gasteiger partial charge in [0.15, 0.2) is 5.13 Å². The van der Waals surface area contributed by atoms with Gasteiger partial charge in [0.2, 0.25) is 0 Å². The number of piperidine rings is 1. The van der Waals surface area contributed by atoms with Gasteiger partial charge in [-0.25, -0.2) is 9.97 Å². The monoisotopic (exact) mass is 462 g/mol. The molecule has 0 radical (unpaired) electrons. The number of aryl methyl sites for hydroxylation is 2. The van der Waals surface area contributed by atoms with Crippen LogP contribution in [0.3, 0.4) is 0 Å². The van der Waals surface area contributed by atoms with Gasteiger partial charge < -0.3 is 9.47 Å². The molecular weight excluding hydrogens is 424 g/mol. The van der Waals surface area contributed by atoms with Crippen LogP contribution in [-0.2, 0) is 24.3 Å². The summed E-state index contributed by atoms with van der Waals surface area (Å²) in [7, 11) is 2.09. The normalized spacial score (nSPS) is 20.1. The van der Waals surface area contributed by atoms with Crippen molar-refractivity contribution in [2.24, 2.45) is 13.0 Å². The van der Waals surface area contributed by atoms with Crippen LogP contribution in [0.1, 0.15) is 76.6 Å². The average Bonchev–Trinajstić information content (AvgIpc) is 3.45. The third-order valence-electron chi connectivity index (χ3n) is 8.25. The van der Waals surface area contributed by atoms with E-state index in [-0.39, 0.29) is 10.8 Å². The topological polar surface area (TPSA) is 34.0 Å². The van der Waals surface area contributed by atoms with E-state index >= 15 is 0 Å². The van der Waals surface area contributed by atoms with Crippen LogP contribution < -0.4 is 4.90 Å². The first-order valence-electron chi connectivity index (χ1n) is 12.5. The molecular formula is C28H38N4S. The highest BCUT2D eigenvalue weighted by atomic mass is 32.1. The minimum atomic E-state index is 0.233. The molecule has 4 nitrogen and oxygen atoms in total. The Kier molecular flexibility index (Phi) is 5.88. The van der Waals surface area contributed by atoms with Crippen LogP contribution in [0.2, 0.25) is 0 Å². The smallest absolute Gasteiger partial charge is 0.185 e. The van der Waals surface area contributed by atoms with Crippen molar-refractivity contribution in [3.8, 4) is 11.3 Å². The molecule has 176 valence electrons. The quantitative estimate of drug-likeness (QED) is 0.421. The Hall–Kier alpha value is -2.14. The van der Waals surface area contributed by atoms with Gasteiger partial charge in [-0.05, 0) is 72.5 Å². The van der Waals surface area contributed by atoms with Crippen LogP contribution in [0.4, 0.5) is 5.13 Å². The van der Waals surface area contributed by atoms with E-state index in [1.807, 2.05) is 12.5 Å². The summed E-state index contributed by atoms with van der Waals surface area (Å²) in [4.78, 5) is 11.8. The Labute approximate surface area is 203 Å². The van der Waals surface area contributed by atoms with E-state index in [9.17, 15) is 0 Å². The molecule has 1 fully saturated rings. The number of hydrogen-bond acceptors (Lipinski definition) is 4. The average molecular weight is 463 g/mol. The van der Waals surface area contributed by atoms with Crippen LogP contribution in [0.25, 0.3) is 11.3 Å². The lowest BCUT2D eigenvalue weighted by atomic mass is 9.63. The standard InChI is InChI=1S/C28H38N4S/c1-27(2)12-13-28(3,4)24-16-21(7-9-23(24)27)25-18-33-26(30-25)32-14-10-20(11-15-32)6-8-22-17-29-19-31(22)5/h7,9,16-20H,6,8,10-15H2,1-5H3. The minimum absolute atomic E-state index is 0.233. The maximum Gasteiger partial charge on any atom is 0.185 e. The lowest BCUT2D eigenvalue weighted by Crippen LogP contribution is -2.34. The van der Waals surface area contributed by atoms with Gasteiger partial charge in [0.25, 0.3) is 0 Å². The van der Waals surface area contributed by atoms with Crippen LogP contribution in [-0.4, -0.2) is 27.6 Å². The molecule has 5 heteroatoms. The molecule has 0 saturated carbocycles. The van der Waals surface area contributed by atoms with Gasteiger partial charge in [0, 0.05) is 43.0 Å². The van der Waals surface area contributed by atoms with Crippen molar-refractivity contribution in [3.63, 3.8) is 0 Å². The maximum atomic E-state index is 5.09. The third kappa shape index (κ3) is 4.49. The number of rotatable bonds is 5. The molecule has 0 spiro atoms. The van der Waals surface area contributed by atoms with Crippen molar-refractivity contribution < 1.29 is 0 Å². The highest BCUT2D eigenvalue weighted by molar-refractivity contribution is 7.14. The summed E-state index contributed by atoms with van der Waals surface area (Å²) in [6.07, 6.45) is 11.3. The lowest BCUT2D eigenvalue weighted by molar-refractivity contribution is 0.332. The molecule has 0 bridgehead atoms. The lowest BCUT2D eigenvalue weighted by Gasteiger charge is -2.42. The molecule has 5 rings (SSSR count). The second-order valence-electron chi connectivity index (χ2n) is 11.5. The van der Waals surface area contributed by atoms with Gasteiger partial charge in [0.1, 0.15) is 0 Å². The van der Waals surface area contributed by atoms with Crippen molar-refractivity contribution in [1.82, 2.24) is 14.5 Å². The predicted octanol–water partition coefficient (Wildman–Crippen LogP) is 6.74. The number of anilines is 1. The number of aromatic nitrogens is 3. The number of thiazole rings is 1. The van der Waals surface area contributed by atoms with E-state index in [0.717, 1.165) is 31.1 Å². The Balaban J connectivity index is 1.25. The summed E-state index contributed by atoms with van der Waals surface area (Å²) in [6.45, 7) is 11.8. The summed E-state index contributed by atoms with van der Waals surface area (Å²) in [5.74, 6) is 0.807. The van der Waals surface area contributed by atoms with Crippen LogP contribution >= 0.6 is 11.3 Å². The molecule has 0 unspecified atom stereocenters. The first kappa shape index (κ1) is 22.6. The van der Waals surface area contributed by atoms with Gasteiger partial charge in [-0.15, -0.1) is 11.3 Å². The van der Waals surface area contributed by atoms with Crippen molar-refractivity contribution in [2.75, 3.05) is 18.0 Å². The number of fused-ring (bicyclic) bond motifs is 1. The largest absolute Gasteiger partial charge is 0.348 e. The minimum Gasteiger partial charge on any atom is -0.348 e. The number of benzene rings is 1. The van der Waals surface area contributed by atoms with Crippen LogP contribution in [0.15, 0.2) is 36.1 Å². The Morgan fingerprint density at radius 1 is 1.03 bits per heavy atom. The molecule has 1 aliphatic carbocycles. The molecule has 3 aromatic rings. The SMILES string of the molecule is Cn1cncc1CCC1CCN(c2nc(-c3ccc4c(c3)C(C)(C)CCC4(C)C)cs2)CC1. The Morgan fingerprint density at radius 3 is 2.45 bits per heavy atom. The molecule has 33 heavy (non-hydrogen) atoms. The van der Waals surface area contributed by atoms with Gasteiger partial charge in [0.05, 0.1) is 12.0 Å². The summed E-state index contributed by atoms with van der Waals surface area (Å²) in [6, 6.07) is 7.10. The molecule has 0 N–H and O–H groups in total. The fourth-order valence-electron chi connectivity index (χ4n) is 5.68. The first-order chi connectivity index (χ1) is 15.7.